The molecule has 34 heavy (non-hydrogen) atoms. The number of nitrogens with zero attached hydrogens (tertiary/aromatic N) is 3. The van der Waals surface area contributed by atoms with Crippen LogP contribution in [0, 0.1) is 5.92 Å². The molecule has 1 aromatic heterocycles. The number of allylic oxidation sites excluding steroid dienone is 1. The maximum atomic E-state index is 13.6. The van der Waals surface area contributed by atoms with Gasteiger partial charge in [-0.15, -0.1) is 0 Å². The Bertz CT molecular complexity index is 1660. The molecule has 2 unspecified atom stereocenters. The van der Waals surface area contributed by atoms with E-state index >= 15 is 0 Å². The van der Waals surface area contributed by atoms with E-state index in [0.717, 1.165) is 21.8 Å². The third-order valence-corrected chi connectivity index (χ3v) is 8.09. The Morgan fingerprint density at radius 1 is 1.09 bits per heavy atom. The van der Waals surface area contributed by atoms with Crippen molar-refractivity contribution in [2.45, 2.75) is 24.9 Å². The molecule has 1 fully saturated rings. The van der Waals surface area contributed by atoms with Crippen molar-refractivity contribution < 1.29 is 18.3 Å². The van der Waals surface area contributed by atoms with Crippen molar-refractivity contribution in [3.63, 3.8) is 0 Å². The number of carboxylic acids is 1. The van der Waals surface area contributed by atoms with Gasteiger partial charge in [-0.3, -0.25) is 19.1 Å². The summed E-state index contributed by atoms with van der Waals surface area (Å²) in [5, 5.41) is 17.8. The average Bonchev–Trinajstić information content (AvgIpc) is 3.21. The molecule has 0 bridgehead atoms. The van der Waals surface area contributed by atoms with Crippen LogP contribution in [0.4, 0.5) is 5.69 Å². The lowest BCUT2D eigenvalue weighted by molar-refractivity contribution is -0.142. The average molecular weight is 479 g/mol. The van der Waals surface area contributed by atoms with Crippen molar-refractivity contribution in [2.75, 3.05) is 18.0 Å². The van der Waals surface area contributed by atoms with Crippen molar-refractivity contribution in [1.82, 2.24) is 4.57 Å². The van der Waals surface area contributed by atoms with E-state index in [4.69, 9.17) is 10.1 Å². The van der Waals surface area contributed by atoms with E-state index in [1.165, 1.54) is 12.2 Å². The molecule has 9 nitrogen and oxygen atoms in total. The van der Waals surface area contributed by atoms with Crippen molar-refractivity contribution in [1.29, 1.82) is 0 Å². The van der Waals surface area contributed by atoms with E-state index in [9.17, 15) is 23.1 Å². The highest BCUT2D eigenvalue weighted by atomic mass is 32.2. The molecule has 6 rings (SSSR count). The minimum Gasteiger partial charge on any atom is -0.481 e. The zero-order valence-corrected chi connectivity index (χ0v) is 18.9. The highest BCUT2D eigenvalue weighted by Crippen LogP contribution is 2.35. The Morgan fingerprint density at radius 3 is 2.53 bits per heavy atom. The fourth-order valence-corrected chi connectivity index (χ4v) is 6.07. The second-order valence-corrected chi connectivity index (χ2v) is 10.6. The van der Waals surface area contributed by atoms with Gasteiger partial charge in [0.2, 0.25) is 10.0 Å². The molecule has 3 aliphatic rings. The van der Waals surface area contributed by atoms with Crippen molar-refractivity contribution in [3.05, 3.63) is 69.3 Å². The summed E-state index contributed by atoms with van der Waals surface area (Å²) < 4.78 is 25.3. The summed E-state index contributed by atoms with van der Waals surface area (Å²) in [6.07, 6.45) is 5.76. The molecule has 0 radical (unpaired) electrons. The van der Waals surface area contributed by atoms with Crippen LogP contribution in [0.1, 0.15) is 18.9 Å². The molecule has 1 saturated heterocycles. The van der Waals surface area contributed by atoms with Gasteiger partial charge < -0.3 is 10.0 Å². The minimum atomic E-state index is -3.87. The van der Waals surface area contributed by atoms with Crippen LogP contribution in [0.3, 0.4) is 0 Å². The number of piperidine rings is 1. The Balaban J connectivity index is 1.53. The first-order valence-electron chi connectivity index (χ1n) is 11.1. The topological polar surface area (TPSA) is 135 Å². The number of benzene rings is 2. The summed E-state index contributed by atoms with van der Waals surface area (Å²) in [5.74, 6) is -1.08. The number of pyridine rings is 1. The van der Waals surface area contributed by atoms with Crippen molar-refractivity contribution in [3.8, 4) is 0 Å². The number of aromatic nitrogens is 1. The molecule has 174 valence electrons. The minimum absolute atomic E-state index is 0.00633. The van der Waals surface area contributed by atoms with E-state index in [1.54, 1.807) is 16.7 Å². The summed E-state index contributed by atoms with van der Waals surface area (Å²) >= 11 is 0. The highest BCUT2D eigenvalue weighted by Gasteiger charge is 2.33. The van der Waals surface area contributed by atoms with Crippen molar-refractivity contribution in [2.24, 2.45) is 16.0 Å². The van der Waals surface area contributed by atoms with Gasteiger partial charge in [0, 0.05) is 40.3 Å². The number of carboxylic acid groups (broad SMARTS) is 1. The molecule has 0 amide bonds. The first-order chi connectivity index (χ1) is 16.2. The standard InChI is InChI=1S/C24H22N4O5S/c25-34(32,33)14-4-6-20-18(12-14)26-22-16-5-7-19(27-10-8-13(9-11-27)24(30)31)15-2-1-3-17(21(15)16)23(29)28(20)22/h1-7,12-13,18,20H,8-11H2,(H,30,31)(H2,25,32,33). The quantitative estimate of drug-likeness (QED) is 0.585. The van der Waals surface area contributed by atoms with E-state index in [1.807, 2.05) is 24.3 Å². The lowest BCUT2D eigenvalue weighted by atomic mass is 9.95. The van der Waals surface area contributed by atoms with E-state index < -0.39 is 28.1 Å². The third-order valence-electron chi connectivity index (χ3n) is 7.16. The maximum absolute atomic E-state index is 13.6. The number of carbonyl (C=O) groups is 1. The molecule has 2 aliphatic heterocycles. The summed E-state index contributed by atoms with van der Waals surface area (Å²) in [5.41, 5.74) is 1.32. The fraction of sp³-hybridized carbons (Fsp3) is 0.292. The Morgan fingerprint density at radius 2 is 1.82 bits per heavy atom. The van der Waals surface area contributed by atoms with Crippen LogP contribution in [0.5, 0.6) is 0 Å². The normalized spacial score (nSPS) is 22.5. The molecule has 0 spiro atoms. The Labute approximate surface area is 194 Å². The number of hydrogen-bond acceptors (Lipinski definition) is 6. The summed E-state index contributed by atoms with van der Waals surface area (Å²) in [6, 6.07) is 8.65. The molecule has 1 aliphatic carbocycles. The summed E-state index contributed by atoms with van der Waals surface area (Å²) in [4.78, 5) is 31.8. The summed E-state index contributed by atoms with van der Waals surface area (Å²) in [6.45, 7) is 1.26. The molecule has 3 N–H and O–H groups in total. The van der Waals surface area contributed by atoms with E-state index in [0.29, 0.717) is 36.8 Å². The van der Waals surface area contributed by atoms with Crippen LogP contribution >= 0.6 is 0 Å². The number of hydrogen-bond donors (Lipinski definition) is 2. The van der Waals surface area contributed by atoms with Gasteiger partial charge in [-0.25, -0.2) is 13.6 Å². The van der Waals surface area contributed by atoms with Crippen LogP contribution in [0.25, 0.3) is 21.5 Å². The molecular formula is C24H22N4O5S. The fourth-order valence-electron chi connectivity index (χ4n) is 5.48. The van der Waals surface area contributed by atoms with Gasteiger partial charge in [0.15, 0.2) is 0 Å². The second-order valence-electron chi connectivity index (χ2n) is 9.04. The Kier molecular flexibility index (Phi) is 4.49. The van der Waals surface area contributed by atoms with Gasteiger partial charge in [-0.05, 0) is 43.2 Å². The molecule has 2 atom stereocenters. The van der Waals surface area contributed by atoms with E-state index in [-0.39, 0.29) is 16.4 Å². The van der Waals surface area contributed by atoms with E-state index in [2.05, 4.69) is 4.90 Å². The third kappa shape index (κ3) is 3.02. The van der Waals surface area contributed by atoms with Gasteiger partial charge in [0.05, 0.1) is 22.9 Å². The first-order valence-corrected chi connectivity index (χ1v) is 12.7. The SMILES string of the molecule is NS(=O)(=O)C1=CC2N=c3c4ccc(N5CCC(C(=O)O)CC5)c5cccc(c(=O)n3C2C=C1)c54. The van der Waals surface area contributed by atoms with Crippen LogP contribution in [-0.2, 0) is 14.8 Å². The van der Waals surface area contributed by atoms with Gasteiger partial charge in [-0.1, -0.05) is 18.2 Å². The zero-order chi connectivity index (χ0) is 23.8. The molecule has 3 aromatic rings. The first kappa shape index (κ1) is 21.1. The van der Waals surface area contributed by atoms with Crippen LogP contribution < -0.4 is 21.1 Å². The zero-order valence-electron chi connectivity index (χ0n) is 18.1. The molecule has 0 saturated carbocycles. The number of anilines is 1. The van der Waals surface area contributed by atoms with Crippen LogP contribution in [0.15, 0.2) is 63.3 Å². The summed E-state index contributed by atoms with van der Waals surface area (Å²) in [7, 11) is -3.87. The number of primary sulfonamides is 1. The molecular weight excluding hydrogens is 456 g/mol. The molecule has 2 aromatic carbocycles. The van der Waals surface area contributed by atoms with Gasteiger partial charge in [-0.2, -0.15) is 0 Å². The number of fused-ring (bicyclic) bond motifs is 4. The number of aliphatic carboxylic acids is 1. The van der Waals surface area contributed by atoms with Gasteiger partial charge >= 0.3 is 5.97 Å². The number of sulfonamides is 1. The highest BCUT2D eigenvalue weighted by molar-refractivity contribution is 7.93. The molecule has 3 heterocycles. The Hall–Kier alpha value is -3.50. The predicted molar refractivity (Wildman–Crippen MR) is 128 cm³/mol. The monoisotopic (exact) mass is 478 g/mol. The van der Waals surface area contributed by atoms with Gasteiger partial charge in [0.25, 0.3) is 5.56 Å². The van der Waals surface area contributed by atoms with Crippen LogP contribution in [0.2, 0.25) is 0 Å². The maximum Gasteiger partial charge on any atom is 0.306 e. The number of nitrogens with two attached hydrogens (primary N) is 1. The lowest BCUT2D eigenvalue weighted by Gasteiger charge is -2.33. The lowest BCUT2D eigenvalue weighted by Crippen LogP contribution is -2.37. The molecule has 10 heteroatoms. The van der Waals surface area contributed by atoms with Crippen molar-refractivity contribution >= 4 is 43.2 Å². The smallest absolute Gasteiger partial charge is 0.306 e. The van der Waals surface area contributed by atoms with Gasteiger partial charge in [0.1, 0.15) is 5.49 Å². The van der Waals surface area contributed by atoms with Crippen LogP contribution in [-0.4, -0.2) is 43.2 Å². The predicted octanol–water partition coefficient (Wildman–Crippen LogP) is 1.46. The second kappa shape index (κ2) is 7.25. The number of rotatable bonds is 3. The largest absolute Gasteiger partial charge is 0.481 e.